The van der Waals surface area contributed by atoms with Crippen molar-refractivity contribution >= 4 is 11.3 Å². The number of allylic oxidation sites excluding steroid dienone is 1. The molecular weight excluding hydrogens is 204 g/mol. The summed E-state index contributed by atoms with van der Waals surface area (Å²) in [5, 5.41) is 3.23. The Morgan fingerprint density at radius 1 is 1.60 bits per heavy atom. The molecule has 0 fully saturated rings. The van der Waals surface area contributed by atoms with E-state index in [4.69, 9.17) is 5.73 Å². The van der Waals surface area contributed by atoms with Gasteiger partial charge in [-0.05, 0) is 18.3 Å². The van der Waals surface area contributed by atoms with E-state index in [9.17, 15) is 0 Å². The predicted molar refractivity (Wildman–Crippen MR) is 64.9 cm³/mol. The van der Waals surface area contributed by atoms with Crippen LogP contribution in [0, 0.1) is 5.41 Å². The van der Waals surface area contributed by atoms with Crippen LogP contribution in [0.25, 0.3) is 0 Å². The van der Waals surface area contributed by atoms with Crippen LogP contribution in [0.1, 0.15) is 31.7 Å². The SMILES string of the molecule is CC1(C)CC(Cc2nccs2)=CC(N)C1. The zero-order valence-corrected chi connectivity index (χ0v) is 10.2. The summed E-state index contributed by atoms with van der Waals surface area (Å²) in [6.45, 7) is 4.59. The van der Waals surface area contributed by atoms with Crippen molar-refractivity contribution < 1.29 is 0 Å². The average Bonchev–Trinajstić information content (AvgIpc) is 2.52. The van der Waals surface area contributed by atoms with E-state index in [0.29, 0.717) is 5.41 Å². The van der Waals surface area contributed by atoms with Crippen LogP contribution in [0.15, 0.2) is 23.2 Å². The lowest BCUT2D eigenvalue weighted by Crippen LogP contribution is -2.31. The smallest absolute Gasteiger partial charge is 0.0965 e. The van der Waals surface area contributed by atoms with Crippen LogP contribution < -0.4 is 5.73 Å². The maximum atomic E-state index is 6.04. The largest absolute Gasteiger partial charge is 0.324 e. The maximum absolute atomic E-state index is 6.04. The average molecular weight is 222 g/mol. The van der Waals surface area contributed by atoms with E-state index in [2.05, 4.69) is 24.9 Å². The van der Waals surface area contributed by atoms with Crippen molar-refractivity contribution in [2.75, 3.05) is 0 Å². The Morgan fingerprint density at radius 3 is 3.00 bits per heavy atom. The second-order valence-corrected chi connectivity index (χ2v) is 6.12. The van der Waals surface area contributed by atoms with E-state index in [0.717, 1.165) is 19.3 Å². The molecule has 1 aliphatic rings. The van der Waals surface area contributed by atoms with Gasteiger partial charge in [0.1, 0.15) is 0 Å². The lowest BCUT2D eigenvalue weighted by molar-refractivity contribution is 0.299. The molecule has 3 heteroatoms. The summed E-state index contributed by atoms with van der Waals surface area (Å²) < 4.78 is 0. The number of rotatable bonds is 2. The summed E-state index contributed by atoms with van der Waals surface area (Å²) in [5.41, 5.74) is 7.84. The highest BCUT2D eigenvalue weighted by Gasteiger charge is 2.26. The molecule has 1 heterocycles. The van der Waals surface area contributed by atoms with Gasteiger partial charge < -0.3 is 5.73 Å². The molecule has 1 aromatic rings. The molecule has 0 aromatic carbocycles. The zero-order chi connectivity index (χ0) is 10.9. The lowest BCUT2D eigenvalue weighted by Gasteiger charge is -2.33. The Bertz CT molecular complexity index is 352. The van der Waals surface area contributed by atoms with Gasteiger partial charge in [-0.1, -0.05) is 25.5 Å². The number of nitrogens with two attached hydrogens (primary N) is 1. The van der Waals surface area contributed by atoms with Crippen molar-refractivity contribution in [2.24, 2.45) is 11.1 Å². The first-order valence-electron chi connectivity index (χ1n) is 5.39. The third-order valence-corrected chi connectivity index (χ3v) is 3.59. The van der Waals surface area contributed by atoms with Gasteiger partial charge in [0.25, 0.3) is 0 Å². The van der Waals surface area contributed by atoms with Crippen LogP contribution in [0.2, 0.25) is 0 Å². The summed E-state index contributed by atoms with van der Waals surface area (Å²) >= 11 is 1.73. The Hall–Kier alpha value is -0.670. The summed E-state index contributed by atoms with van der Waals surface area (Å²) in [5.74, 6) is 0. The van der Waals surface area contributed by atoms with E-state index >= 15 is 0 Å². The summed E-state index contributed by atoms with van der Waals surface area (Å²) in [7, 11) is 0. The van der Waals surface area contributed by atoms with Gasteiger partial charge in [0.15, 0.2) is 0 Å². The first kappa shape index (κ1) is 10.8. The van der Waals surface area contributed by atoms with Gasteiger partial charge in [0.2, 0.25) is 0 Å². The molecule has 2 nitrogen and oxygen atoms in total. The quantitative estimate of drug-likeness (QED) is 0.781. The molecule has 0 radical (unpaired) electrons. The molecule has 0 spiro atoms. The Labute approximate surface area is 95.2 Å². The minimum absolute atomic E-state index is 0.226. The fraction of sp³-hybridized carbons (Fsp3) is 0.583. The molecule has 0 aliphatic heterocycles. The molecule has 0 bridgehead atoms. The molecule has 0 saturated heterocycles. The van der Waals surface area contributed by atoms with Crippen LogP contribution in [-0.2, 0) is 6.42 Å². The molecule has 2 rings (SSSR count). The molecule has 0 saturated carbocycles. The summed E-state index contributed by atoms with van der Waals surface area (Å²) in [4.78, 5) is 4.32. The van der Waals surface area contributed by atoms with Gasteiger partial charge in [0.05, 0.1) is 5.01 Å². The molecule has 82 valence electrons. The van der Waals surface area contributed by atoms with Gasteiger partial charge in [-0.2, -0.15) is 0 Å². The van der Waals surface area contributed by atoms with Crippen LogP contribution in [-0.4, -0.2) is 11.0 Å². The maximum Gasteiger partial charge on any atom is 0.0965 e. The monoisotopic (exact) mass is 222 g/mol. The van der Waals surface area contributed by atoms with Crippen molar-refractivity contribution in [1.29, 1.82) is 0 Å². The van der Waals surface area contributed by atoms with Crippen LogP contribution in [0.4, 0.5) is 0 Å². The van der Waals surface area contributed by atoms with E-state index in [1.54, 1.807) is 11.3 Å². The van der Waals surface area contributed by atoms with Crippen LogP contribution in [0.3, 0.4) is 0 Å². The molecule has 15 heavy (non-hydrogen) atoms. The number of thiazole rings is 1. The molecule has 1 atom stereocenters. The van der Waals surface area contributed by atoms with E-state index < -0.39 is 0 Å². The minimum atomic E-state index is 0.226. The van der Waals surface area contributed by atoms with Crippen molar-refractivity contribution in [3.8, 4) is 0 Å². The molecule has 0 amide bonds. The Morgan fingerprint density at radius 2 is 2.40 bits per heavy atom. The zero-order valence-electron chi connectivity index (χ0n) is 9.36. The van der Waals surface area contributed by atoms with Gasteiger partial charge in [-0.3, -0.25) is 0 Å². The van der Waals surface area contributed by atoms with Gasteiger partial charge in [-0.15, -0.1) is 11.3 Å². The van der Waals surface area contributed by atoms with Gasteiger partial charge in [-0.25, -0.2) is 4.98 Å². The molecule has 2 N–H and O–H groups in total. The Kier molecular flexibility index (Phi) is 2.94. The highest BCUT2D eigenvalue weighted by Crippen LogP contribution is 2.35. The number of aromatic nitrogens is 1. The highest BCUT2D eigenvalue weighted by atomic mass is 32.1. The van der Waals surface area contributed by atoms with Crippen molar-refractivity contribution in [2.45, 2.75) is 39.2 Å². The van der Waals surface area contributed by atoms with E-state index in [-0.39, 0.29) is 6.04 Å². The van der Waals surface area contributed by atoms with Crippen LogP contribution in [0.5, 0.6) is 0 Å². The second-order valence-electron chi connectivity index (χ2n) is 5.14. The predicted octanol–water partition coefficient (Wildman–Crippen LogP) is 2.76. The fourth-order valence-electron chi connectivity index (χ4n) is 2.40. The van der Waals surface area contributed by atoms with Crippen molar-refractivity contribution in [3.63, 3.8) is 0 Å². The van der Waals surface area contributed by atoms with Crippen LogP contribution >= 0.6 is 11.3 Å². The number of hydrogen-bond acceptors (Lipinski definition) is 3. The van der Waals surface area contributed by atoms with Crippen molar-refractivity contribution in [1.82, 2.24) is 4.98 Å². The van der Waals surface area contributed by atoms with Crippen molar-refractivity contribution in [3.05, 3.63) is 28.2 Å². The lowest BCUT2D eigenvalue weighted by atomic mass is 9.75. The number of hydrogen-bond donors (Lipinski definition) is 1. The summed E-state index contributed by atoms with van der Waals surface area (Å²) in [6.07, 6.45) is 7.32. The standard InChI is InChI=1S/C12H18N2S/c1-12(2)7-9(5-10(13)8-12)6-11-14-3-4-15-11/h3-5,10H,6-8,13H2,1-2H3. The highest BCUT2D eigenvalue weighted by molar-refractivity contribution is 7.09. The third kappa shape index (κ3) is 2.89. The second kappa shape index (κ2) is 4.06. The fourth-order valence-corrected chi connectivity index (χ4v) is 3.07. The molecule has 1 unspecified atom stereocenters. The first-order chi connectivity index (χ1) is 7.05. The van der Waals surface area contributed by atoms with Gasteiger partial charge >= 0.3 is 0 Å². The molecule has 1 aliphatic carbocycles. The number of nitrogens with zero attached hydrogens (tertiary/aromatic N) is 1. The van der Waals surface area contributed by atoms with Gasteiger partial charge in [0, 0.05) is 24.0 Å². The molecular formula is C12H18N2S. The topological polar surface area (TPSA) is 38.9 Å². The van der Waals surface area contributed by atoms with E-state index in [1.165, 1.54) is 10.6 Å². The van der Waals surface area contributed by atoms with E-state index in [1.807, 2.05) is 11.6 Å². The summed E-state index contributed by atoms with van der Waals surface area (Å²) in [6, 6.07) is 0.226. The normalized spacial score (nSPS) is 25.0. The first-order valence-corrected chi connectivity index (χ1v) is 6.27. The minimum Gasteiger partial charge on any atom is -0.324 e. The third-order valence-electron chi connectivity index (χ3n) is 2.81. The molecule has 1 aromatic heterocycles. The Balaban J connectivity index is 2.09.